The number of rotatable bonds is 10. The summed E-state index contributed by atoms with van der Waals surface area (Å²) in [5, 5.41) is 6.53. The van der Waals surface area contributed by atoms with Gasteiger partial charge in [0.2, 0.25) is 0 Å². The predicted octanol–water partition coefficient (Wildman–Crippen LogP) is -0.260. The highest BCUT2D eigenvalue weighted by molar-refractivity contribution is 5.52. The minimum atomic E-state index is 0.125. The largest absolute Gasteiger partial charge is 0.330 e. The van der Waals surface area contributed by atoms with Gasteiger partial charge >= 0.3 is 0 Å². The molecule has 14 heavy (non-hydrogen) atoms. The Morgan fingerprint density at radius 3 is 2.50 bits per heavy atom. The van der Waals surface area contributed by atoms with Gasteiger partial charge in [-0.25, -0.2) is 0 Å². The Morgan fingerprint density at radius 1 is 1.21 bits per heavy atom. The molecule has 0 aliphatic rings. The second-order valence-electron chi connectivity index (χ2n) is 3.56. The summed E-state index contributed by atoms with van der Waals surface area (Å²) in [7, 11) is 0. The van der Waals surface area contributed by atoms with Crippen molar-refractivity contribution in [2.75, 3.05) is 32.7 Å². The van der Waals surface area contributed by atoms with E-state index in [2.05, 4.69) is 10.6 Å². The summed E-state index contributed by atoms with van der Waals surface area (Å²) in [5.41, 5.74) is 5.35. The van der Waals surface area contributed by atoms with Crippen molar-refractivity contribution in [2.24, 2.45) is 11.7 Å². The third kappa shape index (κ3) is 9.64. The Hall–Kier alpha value is -0.450. The van der Waals surface area contributed by atoms with Gasteiger partial charge in [0.05, 0.1) is 0 Å². The van der Waals surface area contributed by atoms with E-state index in [-0.39, 0.29) is 5.92 Å². The first-order valence-electron chi connectivity index (χ1n) is 5.38. The molecule has 0 heterocycles. The highest BCUT2D eigenvalue weighted by Crippen LogP contribution is 1.84. The van der Waals surface area contributed by atoms with E-state index in [1.165, 1.54) is 0 Å². The van der Waals surface area contributed by atoms with Crippen LogP contribution >= 0.6 is 0 Å². The molecule has 0 bridgehead atoms. The number of carbonyl (C=O) groups excluding carboxylic acids is 1. The van der Waals surface area contributed by atoms with Crippen molar-refractivity contribution >= 4 is 6.29 Å². The Morgan fingerprint density at radius 2 is 1.86 bits per heavy atom. The minimum Gasteiger partial charge on any atom is -0.330 e. The number of nitrogens with two attached hydrogens (primary N) is 1. The summed E-state index contributed by atoms with van der Waals surface area (Å²) in [6, 6.07) is 0. The smallest absolute Gasteiger partial charge is 0.124 e. The molecule has 0 radical (unpaired) electrons. The van der Waals surface area contributed by atoms with Crippen LogP contribution in [0.2, 0.25) is 0 Å². The molecule has 84 valence electrons. The molecule has 0 aromatic rings. The summed E-state index contributed by atoms with van der Waals surface area (Å²) in [5.74, 6) is 0.125. The van der Waals surface area contributed by atoms with Gasteiger partial charge in [0, 0.05) is 12.5 Å². The third-order valence-corrected chi connectivity index (χ3v) is 1.96. The maximum atomic E-state index is 10.3. The van der Waals surface area contributed by atoms with E-state index in [1.54, 1.807) is 0 Å². The van der Waals surface area contributed by atoms with Crippen molar-refractivity contribution in [3.8, 4) is 0 Å². The van der Waals surface area contributed by atoms with Crippen LogP contribution < -0.4 is 16.4 Å². The summed E-state index contributed by atoms with van der Waals surface area (Å²) in [4.78, 5) is 10.3. The van der Waals surface area contributed by atoms with E-state index in [1.807, 2.05) is 6.92 Å². The molecule has 0 aliphatic carbocycles. The molecular formula is C10H23N3O. The first-order valence-corrected chi connectivity index (χ1v) is 5.38. The first kappa shape index (κ1) is 13.5. The van der Waals surface area contributed by atoms with Crippen LogP contribution in [-0.2, 0) is 4.79 Å². The van der Waals surface area contributed by atoms with Gasteiger partial charge in [-0.2, -0.15) is 0 Å². The van der Waals surface area contributed by atoms with E-state index >= 15 is 0 Å². The summed E-state index contributed by atoms with van der Waals surface area (Å²) < 4.78 is 0. The van der Waals surface area contributed by atoms with E-state index in [0.717, 1.165) is 51.9 Å². The lowest BCUT2D eigenvalue weighted by Gasteiger charge is -2.07. The molecule has 0 amide bonds. The summed E-state index contributed by atoms with van der Waals surface area (Å²) >= 11 is 0. The second kappa shape index (κ2) is 10.6. The highest BCUT2D eigenvalue weighted by atomic mass is 16.1. The molecule has 0 rings (SSSR count). The standard InChI is InChI=1S/C10H23N3O/c1-10(9-14)8-13-7-3-6-12-5-2-4-11/h9-10,12-13H,2-8,11H2,1H3. The Balaban J connectivity index is 2.95. The molecule has 0 aromatic heterocycles. The predicted molar refractivity (Wildman–Crippen MR) is 59.3 cm³/mol. The monoisotopic (exact) mass is 201 g/mol. The molecule has 0 fully saturated rings. The molecule has 0 aliphatic heterocycles. The molecule has 4 nitrogen and oxygen atoms in total. The van der Waals surface area contributed by atoms with E-state index < -0.39 is 0 Å². The normalized spacial score (nSPS) is 12.7. The van der Waals surface area contributed by atoms with Crippen molar-refractivity contribution in [3.05, 3.63) is 0 Å². The van der Waals surface area contributed by atoms with Crippen LogP contribution in [0, 0.1) is 5.92 Å². The highest BCUT2D eigenvalue weighted by Gasteiger charge is 1.96. The van der Waals surface area contributed by atoms with Gasteiger partial charge in [-0.05, 0) is 39.0 Å². The van der Waals surface area contributed by atoms with Crippen molar-refractivity contribution < 1.29 is 4.79 Å². The van der Waals surface area contributed by atoms with Crippen LogP contribution in [0.3, 0.4) is 0 Å². The van der Waals surface area contributed by atoms with E-state index in [9.17, 15) is 4.79 Å². The average Bonchev–Trinajstić information content (AvgIpc) is 2.21. The zero-order valence-corrected chi connectivity index (χ0v) is 9.09. The fourth-order valence-electron chi connectivity index (χ4n) is 1.07. The van der Waals surface area contributed by atoms with Gasteiger partial charge in [0.15, 0.2) is 0 Å². The average molecular weight is 201 g/mol. The minimum absolute atomic E-state index is 0.125. The third-order valence-electron chi connectivity index (χ3n) is 1.96. The zero-order valence-electron chi connectivity index (χ0n) is 9.09. The fourth-order valence-corrected chi connectivity index (χ4v) is 1.07. The van der Waals surface area contributed by atoms with E-state index in [0.29, 0.717) is 0 Å². The topological polar surface area (TPSA) is 67.2 Å². The van der Waals surface area contributed by atoms with Crippen LogP contribution in [0.1, 0.15) is 19.8 Å². The lowest BCUT2D eigenvalue weighted by molar-refractivity contribution is -0.110. The number of nitrogens with one attached hydrogen (secondary N) is 2. The quantitative estimate of drug-likeness (QED) is 0.336. The molecule has 0 aromatic carbocycles. The number of aldehydes is 1. The van der Waals surface area contributed by atoms with Gasteiger partial charge in [0.1, 0.15) is 6.29 Å². The maximum absolute atomic E-state index is 10.3. The maximum Gasteiger partial charge on any atom is 0.124 e. The zero-order chi connectivity index (χ0) is 10.6. The first-order chi connectivity index (χ1) is 6.81. The van der Waals surface area contributed by atoms with Crippen LogP contribution in [0.5, 0.6) is 0 Å². The van der Waals surface area contributed by atoms with Crippen molar-refractivity contribution in [2.45, 2.75) is 19.8 Å². The second-order valence-corrected chi connectivity index (χ2v) is 3.56. The van der Waals surface area contributed by atoms with Crippen LogP contribution in [-0.4, -0.2) is 39.0 Å². The van der Waals surface area contributed by atoms with E-state index in [4.69, 9.17) is 5.73 Å². The van der Waals surface area contributed by atoms with Crippen molar-refractivity contribution in [1.29, 1.82) is 0 Å². The van der Waals surface area contributed by atoms with Gasteiger partial charge in [0.25, 0.3) is 0 Å². The van der Waals surface area contributed by atoms with Crippen molar-refractivity contribution in [1.82, 2.24) is 10.6 Å². The lowest BCUT2D eigenvalue weighted by Crippen LogP contribution is -2.26. The van der Waals surface area contributed by atoms with Gasteiger partial charge < -0.3 is 21.2 Å². The van der Waals surface area contributed by atoms with Crippen LogP contribution in [0.25, 0.3) is 0 Å². The number of carbonyl (C=O) groups is 1. The molecular weight excluding hydrogens is 178 g/mol. The Bertz CT molecular complexity index is 131. The molecule has 4 N–H and O–H groups in total. The molecule has 0 spiro atoms. The number of hydrogen-bond acceptors (Lipinski definition) is 4. The van der Waals surface area contributed by atoms with Crippen LogP contribution in [0.4, 0.5) is 0 Å². The molecule has 0 saturated heterocycles. The fraction of sp³-hybridized carbons (Fsp3) is 0.900. The molecule has 1 atom stereocenters. The van der Waals surface area contributed by atoms with Crippen LogP contribution in [0.15, 0.2) is 0 Å². The van der Waals surface area contributed by atoms with Gasteiger partial charge in [-0.15, -0.1) is 0 Å². The SMILES string of the molecule is CC(C=O)CNCCCNCCCN. The molecule has 4 heteroatoms. The lowest BCUT2D eigenvalue weighted by atomic mass is 10.2. The number of hydrogen-bond donors (Lipinski definition) is 3. The molecule has 0 saturated carbocycles. The van der Waals surface area contributed by atoms with Gasteiger partial charge in [-0.1, -0.05) is 6.92 Å². The Kier molecular flexibility index (Phi) is 10.3. The summed E-state index contributed by atoms with van der Waals surface area (Å²) in [6.45, 7) is 6.44. The summed E-state index contributed by atoms with van der Waals surface area (Å²) in [6.07, 6.45) is 3.11. The van der Waals surface area contributed by atoms with Crippen molar-refractivity contribution in [3.63, 3.8) is 0 Å². The Labute approximate surface area is 86.6 Å². The van der Waals surface area contributed by atoms with Gasteiger partial charge in [-0.3, -0.25) is 0 Å². The molecule has 1 unspecified atom stereocenters.